The van der Waals surface area contributed by atoms with Crippen LogP contribution < -0.4 is 4.74 Å². The van der Waals surface area contributed by atoms with E-state index in [1.54, 1.807) is 31.3 Å². The van der Waals surface area contributed by atoms with E-state index in [1.807, 2.05) is 38.1 Å². The number of hydrogen-bond acceptors (Lipinski definition) is 3. The van der Waals surface area contributed by atoms with Crippen LogP contribution in [0.2, 0.25) is 0 Å². The van der Waals surface area contributed by atoms with E-state index < -0.39 is 10.0 Å². The topological polar surface area (TPSA) is 46.6 Å². The third-order valence-electron chi connectivity index (χ3n) is 3.50. The zero-order valence-electron chi connectivity index (χ0n) is 13.1. The van der Waals surface area contributed by atoms with E-state index in [0.29, 0.717) is 18.9 Å². The normalized spacial score (nSPS) is 11.6. The SMILES string of the molecule is CCOc1ccc(S(=O)(=O)N(C)Cc2ccccc2C)cc1. The maximum absolute atomic E-state index is 12.6. The van der Waals surface area contributed by atoms with E-state index >= 15 is 0 Å². The van der Waals surface area contributed by atoms with Crippen LogP contribution in [0.4, 0.5) is 0 Å². The predicted octanol–water partition coefficient (Wildman–Crippen LogP) is 3.21. The van der Waals surface area contributed by atoms with E-state index in [9.17, 15) is 8.42 Å². The Bertz CT molecular complexity index is 724. The van der Waals surface area contributed by atoms with Gasteiger partial charge in [-0.25, -0.2) is 8.42 Å². The van der Waals surface area contributed by atoms with E-state index in [-0.39, 0.29) is 4.90 Å². The Morgan fingerprint density at radius 1 is 1.05 bits per heavy atom. The molecule has 0 bridgehead atoms. The van der Waals surface area contributed by atoms with Crippen LogP contribution in [0.5, 0.6) is 5.75 Å². The van der Waals surface area contributed by atoms with Crippen LogP contribution >= 0.6 is 0 Å². The zero-order valence-corrected chi connectivity index (χ0v) is 13.9. The van der Waals surface area contributed by atoms with E-state index in [4.69, 9.17) is 4.74 Å². The number of benzene rings is 2. The van der Waals surface area contributed by atoms with Crippen molar-refractivity contribution in [3.63, 3.8) is 0 Å². The van der Waals surface area contributed by atoms with Gasteiger partial charge in [-0.1, -0.05) is 24.3 Å². The summed E-state index contributed by atoms with van der Waals surface area (Å²) < 4.78 is 31.9. The number of ether oxygens (including phenoxy) is 1. The molecule has 0 aliphatic carbocycles. The molecule has 0 atom stereocenters. The molecule has 0 amide bonds. The third-order valence-corrected chi connectivity index (χ3v) is 5.31. The smallest absolute Gasteiger partial charge is 0.243 e. The van der Waals surface area contributed by atoms with Gasteiger partial charge in [0.1, 0.15) is 5.75 Å². The van der Waals surface area contributed by atoms with Crippen LogP contribution in [0, 0.1) is 6.92 Å². The van der Waals surface area contributed by atoms with Crippen LogP contribution in [-0.4, -0.2) is 26.4 Å². The predicted molar refractivity (Wildman–Crippen MR) is 87.4 cm³/mol. The standard InChI is InChI=1S/C17H21NO3S/c1-4-21-16-9-11-17(12-10-16)22(19,20)18(3)13-15-8-6-5-7-14(15)2/h5-12H,4,13H2,1-3H3. The molecule has 0 aromatic heterocycles. The van der Waals surface area contributed by atoms with Gasteiger partial charge in [0.2, 0.25) is 10.0 Å². The van der Waals surface area contributed by atoms with Crippen molar-refractivity contribution < 1.29 is 13.2 Å². The number of nitrogens with zero attached hydrogens (tertiary/aromatic N) is 1. The summed E-state index contributed by atoms with van der Waals surface area (Å²) in [5, 5.41) is 0. The maximum Gasteiger partial charge on any atom is 0.243 e. The molecule has 5 heteroatoms. The monoisotopic (exact) mass is 319 g/mol. The highest BCUT2D eigenvalue weighted by atomic mass is 32.2. The summed E-state index contributed by atoms with van der Waals surface area (Å²) in [6.45, 7) is 4.77. The minimum Gasteiger partial charge on any atom is -0.494 e. The second-order valence-electron chi connectivity index (χ2n) is 5.09. The van der Waals surface area contributed by atoms with Crippen molar-refractivity contribution in [1.82, 2.24) is 4.31 Å². The van der Waals surface area contributed by atoms with Crippen molar-refractivity contribution in [2.24, 2.45) is 0 Å². The molecule has 118 valence electrons. The number of aryl methyl sites for hydroxylation is 1. The Morgan fingerprint density at radius 3 is 2.27 bits per heavy atom. The van der Waals surface area contributed by atoms with Crippen molar-refractivity contribution in [2.75, 3.05) is 13.7 Å². The van der Waals surface area contributed by atoms with Gasteiger partial charge >= 0.3 is 0 Å². The van der Waals surface area contributed by atoms with Gasteiger partial charge in [0.15, 0.2) is 0 Å². The van der Waals surface area contributed by atoms with Crippen LogP contribution in [-0.2, 0) is 16.6 Å². The average molecular weight is 319 g/mol. The molecule has 0 N–H and O–H groups in total. The average Bonchev–Trinajstić information content (AvgIpc) is 2.50. The van der Waals surface area contributed by atoms with Gasteiger partial charge in [0, 0.05) is 13.6 Å². The van der Waals surface area contributed by atoms with Gasteiger partial charge in [-0.2, -0.15) is 4.31 Å². The number of rotatable bonds is 6. The fraction of sp³-hybridized carbons (Fsp3) is 0.294. The van der Waals surface area contributed by atoms with Gasteiger partial charge in [-0.15, -0.1) is 0 Å². The highest BCUT2D eigenvalue weighted by Gasteiger charge is 2.21. The van der Waals surface area contributed by atoms with Crippen LogP contribution in [0.15, 0.2) is 53.4 Å². The lowest BCUT2D eigenvalue weighted by molar-refractivity contribution is 0.340. The van der Waals surface area contributed by atoms with Gasteiger partial charge in [0.05, 0.1) is 11.5 Å². The molecule has 4 nitrogen and oxygen atoms in total. The fourth-order valence-electron chi connectivity index (χ4n) is 2.17. The molecule has 2 aromatic rings. The summed E-state index contributed by atoms with van der Waals surface area (Å²) in [6.07, 6.45) is 0. The van der Waals surface area contributed by atoms with Gasteiger partial charge in [-0.05, 0) is 49.2 Å². The molecule has 2 rings (SSSR count). The lowest BCUT2D eigenvalue weighted by atomic mass is 10.1. The van der Waals surface area contributed by atoms with Crippen molar-refractivity contribution in [3.05, 3.63) is 59.7 Å². The quantitative estimate of drug-likeness (QED) is 0.821. The first kappa shape index (κ1) is 16.5. The molecule has 22 heavy (non-hydrogen) atoms. The first-order chi connectivity index (χ1) is 10.4. The van der Waals surface area contributed by atoms with Gasteiger partial charge < -0.3 is 4.74 Å². The molecule has 0 saturated heterocycles. The Kier molecular flexibility index (Phi) is 5.21. The van der Waals surface area contributed by atoms with Crippen molar-refractivity contribution in [2.45, 2.75) is 25.3 Å². The summed E-state index contributed by atoms with van der Waals surface area (Å²) in [6, 6.07) is 14.3. The first-order valence-corrected chi connectivity index (χ1v) is 8.63. The van der Waals surface area contributed by atoms with Crippen molar-refractivity contribution >= 4 is 10.0 Å². The fourth-order valence-corrected chi connectivity index (χ4v) is 3.32. The Morgan fingerprint density at radius 2 is 1.68 bits per heavy atom. The molecular weight excluding hydrogens is 298 g/mol. The van der Waals surface area contributed by atoms with E-state index in [2.05, 4.69) is 0 Å². The summed E-state index contributed by atoms with van der Waals surface area (Å²) in [5.41, 5.74) is 2.08. The summed E-state index contributed by atoms with van der Waals surface area (Å²) >= 11 is 0. The lowest BCUT2D eigenvalue weighted by Gasteiger charge is -2.18. The molecule has 0 aliphatic heterocycles. The highest BCUT2D eigenvalue weighted by molar-refractivity contribution is 7.89. The summed E-state index contributed by atoms with van der Waals surface area (Å²) in [7, 11) is -1.91. The maximum atomic E-state index is 12.6. The minimum absolute atomic E-state index is 0.270. The molecule has 0 radical (unpaired) electrons. The number of sulfonamides is 1. The Labute approximate surface area is 132 Å². The largest absolute Gasteiger partial charge is 0.494 e. The van der Waals surface area contributed by atoms with E-state index in [0.717, 1.165) is 11.1 Å². The van der Waals surface area contributed by atoms with Crippen LogP contribution in [0.25, 0.3) is 0 Å². The molecule has 0 unspecified atom stereocenters. The molecule has 2 aromatic carbocycles. The molecule has 0 aliphatic rings. The molecule has 0 fully saturated rings. The summed E-state index contributed by atoms with van der Waals surface area (Å²) in [5.74, 6) is 0.669. The van der Waals surface area contributed by atoms with Gasteiger partial charge in [0.25, 0.3) is 0 Å². The second kappa shape index (κ2) is 6.94. The van der Waals surface area contributed by atoms with E-state index in [1.165, 1.54) is 4.31 Å². The lowest BCUT2D eigenvalue weighted by Crippen LogP contribution is -2.26. The molecule has 0 heterocycles. The molecule has 0 saturated carbocycles. The molecular formula is C17H21NO3S. The highest BCUT2D eigenvalue weighted by Crippen LogP contribution is 2.21. The number of hydrogen-bond donors (Lipinski definition) is 0. The van der Waals surface area contributed by atoms with Gasteiger partial charge in [-0.3, -0.25) is 0 Å². The third kappa shape index (κ3) is 3.67. The van der Waals surface area contributed by atoms with Crippen LogP contribution in [0.1, 0.15) is 18.1 Å². The van der Waals surface area contributed by atoms with Crippen molar-refractivity contribution in [1.29, 1.82) is 0 Å². The Hall–Kier alpha value is -1.85. The minimum atomic E-state index is -3.51. The zero-order chi connectivity index (χ0) is 16.2. The second-order valence-corrected chi connectivity index (χ2v) is 7.14. The Balaban J connectivity index is 2.20. The summed E-state index contributed by atoms with van der Waals surface area (Å²) in [4.78, 5) is 0.270. The van der Waals surface area contributed by atoms with Crippen LogP contribution in [0.3, 0.4) is 0 Å². The first-order valence-electron chi connectivity index (χ1n) is 7.19. The molecule has 0 spiro atoms. The van der Waals surface area contributed by atoms with Crippen molar-refractivity contribution in [3.8, 4) is 5.75 Å².